The number of aliphatic carboxylic acids is 1. The van der Waals surface area contributed by atoms with Gasteiger partial charge in [-0.1, -0.05) is 12.1 Å². The molecule has 22 heavy (non-hydrogen) atoms. The minimum Gasteiger partial charge on any atom is -0.481 e. The minimum absolute atomic E-state index is 0.241. The molecule has 0 fully saturated rings. The first kappa shape index (κ1) is 14.1. The number of nitrogens with two attached hydrogens (primary N) is 1. The van der Waals surface area contributed by atoms with Crippen LogP contribution in [-0.2, 0) is 17.8 Å². The molecule has 0 amide bonds. The van der Waals surface area contributed by atoms with Crippen molar-refractivity contribution in [3.05, 3.63) is 59.5 Å². The zero-order valence-electron chi connectivity index (χ0n) is 11.7. The van der Waals surface area contributed by atoms with Gasteiger partial charge in [-0.25, -0.2) is 4.39 Å². The van der Waals surface area contributed by atoms with Crippen LogP contribution in [0.1, 0.15) is 11.3 Å². The van der Waals surface area contributed by atoms with Gasteiger partial charge < -0.3 is 10.8 Å². The van der Waals surface area contributed by atoms with Crippen molar-refractivity contribution < 1.29 is 14.3 Å². The third-order valence-corrected chi connectivity index (χ3v) is 3.42. The summed E-state index contributed by atoms with van der Waals surface area (Å²) in [4.78, 5) is 10.9. The van der Waals surface area contributed by atoms with Crippen molar-refractivity contribution in [2.24, 2.45) is 0 Å². The molecule has 3 N–H and O–H groups in total. The Bertz CT molecular complexity index is 840. The SMILES string of the molecule is Nc1ccc(Cn2nc(CC(=O)O)c3cc(F)ccc32)cc1. The maximum absolute atomic E-state index is 13.4. The number of fused-ring (bicyclic) bond motifs is 1. The molecule has 0 aliphatic heterocycles. The number of carbonyl (C=O) groups is 1. The summed E-state index contributed by atoms with van der Waals surface area (Å²) in [5.41, 5.74) is 8.36. The number of aromatic nitrogens is 2. The highest BCUT2D eigenvalue weighted by Gasteiger charge is 2.14. The van der Waals surface area contributed by atoms with Crippen LogP contribution in [0.15, 0.2) is 42.5 Å². The number of halogens is 1. The Morgan fingerprint density at radius 1 is 1.23 bits per heavy atom. The number of nitrogen functional groups attached to an aromatic ring is 1. The van der Waals surface area contributed by atoms with E-state index in [1.54, 1.807) is 22.9 Å². The molecule has 0 bridgehead atoms. The monoisotopic (exact) mass is 299 g/mol. The summed E-state index contributed by atoms with van der Waals surface area (Å²) in [7, 11) is 0. The molecule has 0 saturated heterocycles. The van der Waals surface area contributed by atoms with Gasteiger partial charge in [-0.2, -0.15) is 5.10 Å². The third-order valence-electron chi connectivity index (χ3n) is 3.42. The molecule has 5 nitrogen and oxygen atoms in total. The van der Waals surface area contributed by atoms with E-state index < -0.39 is 11.8 Å². The van der Waals surface area contributed by atoms with Crippen LogP contribution in [0.5, 0.6) is 0 Å². The van der Waals surface area contributed by atoms with Crippen LogP contribution in [0, 0.1) is 5.82 Å². The van der Waals surface area contributed by atoms with Crippen molar-refractivity contribution in [1.82, 2.24) is 9.78 Å². The predicted octanol–water partition coefficient (Wildman–Crippen LogP) is 2.43. The van der Waals surface area contributed by atoms with Crippen molar-refractivity contribution in [2.45, 2.75) is 13.0 Å². The van der Waals surface area contributed by atoms with Crippen LogP contribution < -0.4 is 5.73 Å². The number of hydrogen-bond donors (Lipinski definition) is 2. The Morgan fingerprint density at radius 2 is 1.95 bits per heavy atom. The van der Waals surface area contributed by atoms with Crippen LogP contribution in [-0.4, -0.2) is 20.9 Å². The van der Waals surface area contributed by atoms with Gasteiger partial charge in [0, 0.05) is 11.1 Å². The lowest BCUT2D eigenvalue weighted by atomic mass is 10.1. The van der Waals surface area contributed by atoms with E-state index in [4.69, 9.17) is 10.8 Å². The van der Waals surface area contributed by atoms with Gasteiger partial charge in [0.2, 0.25) is 0 Å². The fourth-order valence-electron chi connectivity index (χ4n) is 2.41. The van der Waals surface area contributed by atoms with E-state index in [9.17, 15) is 9.18 Å². The first-order valence-corrected chi connectivity index (χ1v) is 6.74. The van der Waals surface area contributed by atoms with E-state index in [0.717, 1.165) is 5.56 Å². The van der Waals surface area contributed by atoms with E-state index in [-0.39, 0.29) is 6.42 Å². The number of rotatable bonds is 4. The summed E-state index contributed by atoms with van der Waals surface area (Å²) in [6.07, 6.45) is -0.241. The van der Waals surface area contributed by atoms with Crippen LogP contribution in [0.25, 0.3) is 10.9 Å². The van der Waals surface area contributed by atoms with Gasteiger partial charge in [-0.3, -0.25) is 9.48 Å². The van der Waals surface area contributed by atoms with Gasteiger partial charge in [0.1, 0.15) is 5.82 Å². The maximum Gasteiger partial charge on any atom is 0.309 e. The first-order valence-electron chi connectivity index (χ1n) is 6.74. The normalized spacial score (nSPS) is 11.0. The minimum atomic E-state index is -0.997. The van der Waals surface area contributed by atoms with Gasteiger partial charge in [-0.15, -0.1) is 0 Å². The lowest BCUT2D eigenvalue weighted by molar-refractivity contribution is -0.136. The average Bonchev–Trinajstić information content (AvgIpc) is 2.78. The highest BCUT2D eigenvalue weighted by molar-refractivity contribution is 5.85. The second-order valence-electron chi connectivity index (χ2n) is 5.08. The maximum atomic E-state index is 13.4. The fraction of sp³-hybridized carbons (Fsp3) is 0.125. The Labute approximate surface area is 125 Å². The topological polar surface area (TPSA) is 81.1 Å². The summed E-state index contributed by atoms with van der Waals surface area (Å²) >= 11 is 0. The van der Waals surface area contributed by atoms with Gasteiger partial charge in [-0.05, 0) is 35.9 Å². The van der Waals surface area contributed by atoms with Crippen molar-refractivity contribution in [2.75, 3.05) is 5.73 Å². The van der Waals surface area contributed by atoms with Gasteiger partial charge in [0.15, 0.2) is 0 Å². The number of anilines is 1. The van der Waals surface area contributed by atoms with Gasteiger partial charge >= 0.3 is 5.97 Å². The molecule has 112 valence electrons. The third kappa shape index (κ3) is 2.76. The molecule has 6 heteroatoms. The lowest BCUT2D eigenvalue weighted by Gasteiger charge is -2.04. The average molecular weight is 299 g/mol. The summed E-state index contributed by atoms with van der Waals surface area (Å²) in [6, 6.07) is 11.6. The molecule has 0 atom stereocenters. The zero-order chi connectivity index (χ0) is 15.7. The molecular weight excluding hydrogens is 285 g/mol. The predicted molar refractivity (Wildman–Crippen MR) is 81.0 cm³/mol. The highest BCUT2D eigenvalue weighted by Crippen LogP contribution is 2.21. The summed E-state index contributed by atoms with van der Waals surface area (Å²) < 4.78 is 15.1. The van der Waals surface area contributed by atoms with Crippen molar-refractivity contribution in [3.8, 4) is 0 Å². The fourth-order valence-corrected chi connectivity index (χ4v) is 2.41. The van der Waals surface area contributed by atoms with Gasteiger partial charge in [0.05, 0.1) is 24.2 Å². The first-order chi connectivity index (χ1) is 10.5. The Kier molecular flexibility index (Phi) is 3.50. The summed E-state index contributed by atoms with van der Waals surface area (Å²) in [6.45, 7) is 0.460. The molecule has 3 rings (SSSR count). The lowest BCUT2D eigenvalue weighted by Crippen LogP contribution is -2.05. The summed E-state index contributed by atoms with van der Waals surface area (Å²) in [5, 5.41) is 13.8. The molecule has 0 spiro atoms. The molecule has 1 aromatic heterocycles. The highest BCUT2D eigenvalue weighted by atomic mass is 19.1. The van der Waals surface area contributed by atoms with Crippen LogP contribution in [0.2, 0.25) is 0 Å². The van der Waals surface area contributed by atoms with Gasteiger partial charge in [0.25, 0.3) is 0 Å². The Hall–Kier alpha value is -2.89. The molecule has 1 heterocycles. The van der Waals surface area contributed by atoms with E-state index in [1.165, 1.54) is 12.1 Å². The number of nitrogens with zero attached hydrogens (tertiary/aromatic N) is 2. The second-order valence-corrected chi connectivity index (χ2v) is 5.08. The second kappa shape index (κ2) is 5.48. The van der Waals surface area contributed by atoms with Crippen LogP contribution in [0.3, 0.4) is 0 Å². The van der Waals surface area contributed by atoms with Crippen LogP contribution in [0.4, 0.5) is 10.1 Å². The van der Waals surface area contributed by atoms with E-state index in [0.29, 0.717) is 28.8 Å². The molecule has 0 radical (unpaired) electrons. The molecule has 0 saturated carbocycles. The number of carboxylic acids is 1. The molecule has 3 aromatic rings. The molecular formula is C16H14FN3O2. The smallest absolute Gasteiger partial charge is 0.309 e. The summed E-state index contributed by atoms with van der Waals surface area (Å²) in [5.74, 6) is -1.41. The van der Waals surface area contributed by atoms with Crippen molar-refractivity contribution in [3.63, 3.8) is 0 Å². The Morgan fingerprint density at radius 3 is 2.64 bits per heavy atom. The number of carboxylic acid groups (broad SMARTS) is 1. The standard InChI is InChI=1S/C16H14FN3O2/c17-11-3-6-15-13(7-11)14(8-16(21)22)19-20(15)9-10-1-4-12(18)5-2-10/h1-7H,8-9,18H2,(H,21,22). The van der Waals surface area contributed by atoms with E-state index in [1.807, 2.05) is 12.1 Å². The zero-order valence-corrected chi connectivity index (χ0v) is 11.7. The van der Waals surface area contributed by atoms with E-state index in [2.05, 4.69) is 5.10 Å². The molecule has 0 aliphatic rings. The molecule has 0 unspecified atom stereocenters. The Balaban J connectivity index is 2.05. The molecule has 0 aliphatic carbocycles. The van der Waals surface area contributed by atoms with E-state index >= 15 is 0 Å². The number of benzene rings is 2. The largest absolute Gasteiger partial charge is 0.481 e. The van der Waals surface area contributed by atoms with Crippen molar-refractivity contribution >= 4 is 22.6 Å². The van der Waals surface area contributed by atoms with Crippen LogP contribution >= 0.6 is 0 Å². The molecule has 2 aromatic carbocycles. The quantitative estimate of drug-likeness (QED) is 0.725. The number of hydrogen-bond acceptors (Lipinski definition) is 3. The van der Waals surface area contributed by atoms with Crippen molar-refractivity contribution in [1.29, 1.82) is 0 Å².